The van der Waals surface area contributed by atoms with Crippen molar-refractivity contribution in [1.82, 2.24) is 15.6 Å². The van der Waals surface area contributed by atoms with E-state index in [-0.39, 0.29) is 6.10 Å². The van der Waals surface area contributed by atoms with Gasteiger partial charge in [0.05, 0.1) is 12.7 Å². The third-order valence-corrected chi connectivity index (χ3v) is 5.11. The molecule has 0 amide bonds. The molecule has 6 nitrogen and oxygen atoms in total. The van der Waals surface area contributed by atoms with E-state index in [1.165, 1.54) is 0 Å². The van der Waals surface area contributed by atoms with E-state index in [0.717, 1.165) is 36.6 Å². The Balaban J connectivity index is 1.55. The third-order valence-electron chi connectivity index (χ3n) is 4.52. The van der Waals surface area contributed by atoms with Crippen molar-refractivity contribution in [3.63, 3.8) is 0 Å². The minimum atomic E-state index is 0.222. The van der Waals surface area contributed by atoms with Gasteiger partial charge in [0, 0.05) is 49.5 Å². The Morgan fingerprint density at radius 1 is 1.25 bits per heavy atom. The molecule has 0 bridgehead atoms. The van der Waals surface area contributed by atoms with Crippen LogP contribution in [0.5, 0.6) is 0 Å². The van der Waals surface area contributed by atoms with Crippen molar-refractivity contribution in [1.29, 1.82) is 0 Å². The Kier molecular flexibility index (Phi) is 7.36. The molecule has 2 N–H and O–H groups in total. The number of aliphatic imine (C=N–C) groups is 1. The fourth-order valence-corrected chi connectivity index (χ4v) is 3.50. The first-order valence-corrected chi connectivity index (χ1v) is 10.0. The Morgan fingerprint density at radius 2 is 2.07 bits per heavy atom. The Morgan fingerprint density at radius 3 is 2.82 bits per heavy atom. The zero-order valence-electron chi connectivity index (χ0n) is 16.1. The quantitative estimate of drug-likeness (QED) is 0.571. The highest BCUT2D eigenvalue weighted by Gasteiger charge is 2.18. The number of rotatable bonds is 5. The minimum Gasteiger partial charge on any atom is -0.375 e. The van der Waals surface area contributed by atoms with Crippen LogP contribution in [0.3, 0.4) is 0 Å². The van der Waals surface area contributed by atoms with E-state index in [1.54, 1.807) is 13.1 Å². The molecule has 1 unspecified atom stereocenters. The number of aromatic nitrogens is 1. The normalized spacial score (nSPS) is 17.5. The summed E-state index contributed by atoms with van der Waals surface area (Å²) >= 11 is 12.2. The van der Waals surface area contributed by atoms with Gasteiger partial charge in [-0.1, -0.05) is 29.3 Å². The molecular weight excluding hydrogens is 397 g/mol. The predicted octanol–water partition coefficient (Wildman–Crippen LogP) is 3.48. The van der Waals surface area contributed by atoms with Crippen LogP contribution in [0.25, 0.3) is 0 Å². The maximum atomic E-state index is 6.23. The summed E-state index contributed by atoms with van der Waals surface area (Å²) in [4.78, 5) is 11.0. The number of nitrogens with one attached hydrogen (secondary N) is 2. The van der Waals surface area contributed by atoms with Gasteiger partial charge < -0.3 is 20.3 Å². The third kappa shape index (κ3) is 5.74. The van der Waals surface area contributed by atoms with Crippen molar-refractivity contribution >= 4 is 35.0 Å². The van der Waals surface area contributed by atoms with Crippen LogP contribution in [0.15, 0.2) is 41.5 Å². The van der Waals surface area contributed by atoms with Gasteiger partial charge in [0.15, 0.2) is 5.96 Å². The number of anilines is 1. The van der Waals surface area contributed by atoms with Crippen LogP contribution >= 0.6 is 23.2 Å². The summed E-state index contributed by atoms with van der Waals surface area (Å²) in [6.45, 7) is 5.73. The number of hydrogen-bond donors (Lipinski definition) is 2. The fraction of sp³-hybridized carbons (Fsp3) is 0.400. The average Bonchev–Trinajstić information content (AvgIpc) is 2.69. The molecule has 2 heterocycles. The highest BCUT2D eigenvalue weighted by molar-refractivity contribution is 6.35. The molecule has 8 heteroatoms. The van der Waals surface area contributed by atoms with Gasteiger partial charge in [0.25, 0.3) is 0 Å². The molecule has 0 saturated carbocycles. The monoisotopic (exact) mass is 421 g/mol. The number of nitrogens with zero attached hydrogens (tertiary/aromatic N) is 3. The highest BCUT2D eigenvalue weighted by atomic mass is 35.5. The van der Waals surface area contributed by atoms with Crippen LogP contribution in [-0.2, 0) is 17.8 Å². The van der Waals surface area contributed by atoms with E-state index >= 15 is 0 Å². The van der Waals surface area contributed by atoms with E-state index in [2.05, 4.69) is 38.5 Å². The summed E-state index contributed by atoms with van der Waals surface area (Å²) in [6.07, 6.45) is 2.07. The highest BCUT2D eigenvalue weighted by Crippen LogP contribution is 2.20. The lowest BCUT2D eigenvalue weighted by molar-refractivity contribution is 0.0529. The number of pyridine rings is 1. The van der Waals surface area contributed by atoms with Crippen molar-refractivity contribution in [2.24, 2.45) is 4.99 Å². The Labute approximate surface area is 175 Å². The molecular formula is C20H25Cl2N5O. The van der Waals surface area contributed by atoms with Crippen molar-refractivity contribution in [2.45, 2.75) is 26.1 Å². The fourth-order valence-electron chi connectivity index (χ4n) is 3.02. The van der Waals surface area contributed by atoms with Crippen LogP contribution in [0.4, 0.5) is 5.82 Å². The first-order valence-electron chi connectivity index (χ1n) is 9.25. The summed E-state index contributed by atoms with van der Waals surface area (Å²) in [5.74, 6) is 1.68. The predicted molar refractivity (Wildman–Crippen MR) is 115 cm³/mol. The number of benzene rings is 1. The summed E-state index contributed by atoms with van der Waals surface area (Å²) in [7, 11) is 1.74. The van der Waals surface area contributed by atoms with Gasteiger partial charge in [-0.25, -0.2) is 4.98 Å². The standard InChI is InChI=1S/C20H25Cl2N5O/c1-14-13-27(7-8-28-14)19-9-15(5-6-24-19)11-25-20(23-2)26-12-16-3-4-17(21)10-18(16)22/h3-6,9-10,14H,7-8,11-13H2,1-2H3,(H2,23,25,26). The zero-order chi connectivity index (χ0) is 19.9. The maximum Gasteiger partial charge on any atom is 0.191 e. The second kappa shape index (κ2) is 9.96. The zero-order valence-corrected chi connectivity index (χ0v) is 17.6. The molecule has 0 radical (unpaired) electrons. The topological polar surface area (TPSA) is 61.8 Å². The number of ether oxygens (including phenoxy) is 1. The van der Waals surface area contributed by atoms with Crippen LogP contribution < -0.4 is 15.5 Å². The van der Waals surface area contributed by atoms with Gasteiger partial charge in [0.1, 0.15) is 5.82 Å². The van der Waals surface area contributed by atoms with Crippen LogP contribution in [0.2, 0.25) is 10.0 Å². The maximum absolute atomic E-state index is 6.23. The second-order valence-electron chi connectivity index (χ2n) is 6.66. The molecule has 28 heavy (non-hydrogen) atoms. The lowest BCUT2D eigenvalue weighted by atomic mass is 10.2. The van der Waals surface area contributed by atoms with Crippen molar-refractivity contribution in [3.05, 3.63) is 57.7 Å². The molecule has 0 aliphatic carbocycles. The van der Waals surface area contributed by atoms with E-state index in [1.807, 2.05) is 24.4 Å². The van der Waals surface area contributed by atoms with Crippen LogP contribution in [0, 0.1) is 0 Å². The van der Waals surface area contributed by atoms with Gasteiger partial charge in [-0.15, -0.1) is 0 Å². The first kappa shape index (κ1) is 20.7. The minimum absolute atomic E-state index is 0.222. The Bertz CT molecular complexity index is 830. The molecule has 1 saturated heterocycles. The van der Waals surface area contributed by atoms with Crippen molar-refractivity contribution in [2.75, 3.05) is 31.6 Å². The van der Waals surface area contributed by atoms with E-state index < -0.39 is 0 Å². The number of guanidine groups is 1. The van der Waals surface area contributed by atoms with E-state index in [4.69, 9.17) is 27.9 Å². The van der Waals surface area contributed by atoms with Gasteiger partial charge in [0.2, 0.25) is 0 Å². The van der Waals surface area contributed by atoms with E-state index in [9.17, 15) is 0 Å². The number of halogens is 2. The number of hydrogen-bond acceptors (Lipinski definition) is 4. The molecule has 1 aliphatic rings. The van der Waals surface area contributed by atoms with Gasteiger partial charge >= 0.3 is 0 Å². The number of morpholine rings is 1. The van der Waals surface area contributed by atoms with Crippen LogP contribution in [-0.4, -0.2) is 43.8 Å². The summed E-state index contributed by atoms with van der Waals surface area (Å²) in [5, 5.41) is 7.85. The van der Waals surface area contributed by atoms with Gasteiger partial charge in [-0.3, -0.25) is 4.99 Å². The lowest BCUT2D eigenvalue weighted by Gasteiger charge is -2.32. The van der Waals surface area contributed by atoms with Crippen molar-refractivity contribution < 1.29 is 4.74 Å². The first-order chi connectivity index (χ1) is 13.5. The second-order valence-corrected chi connectivity index (χ2v) is 7.51. The molecule has 1 fully saturated rings. The molecule has 2 aromatic rings. The SMILES string of the molecule is CN=C(NCc1ccnc(N2CCOC(C)C2)c1)NCc1ccc(Cl)cc1Cl. The Hall–Kier alpha value is -2.02. The summed E-state index contributed by atoms with van der Waals surface area (Å²) in [6, 6.07) is 9.58. The van der Waals surface area contributed by atoms with Gasteiger partial charge in [-0.2, -0.15) is 0 Å². The average molecular weight is 422 g/mol. The molecule has 1 aliphatic heterocycles. The molecule has 0 spiro atoms. The molecule has 1 aromatic heterocycles. The lowest BCUT2D eigenvalue weighted by Crippen LogP contribution is -2.41. The summed E-state index contributed by atoms with van der Waals surface area (Å²) in [5.41, 5.74) is 2.10. The smallest absolute Gasteiger partial charge is 0.191 e. The molecule has 1 aromatic carbocycles. The molecule has 150 valence electrons. The van der Waals surface area contributed by atoms with Gasteiger partial charge in [-0.05, 0) is 42.3 Å². The molecule has 3 rings (SSSR count). The summed E-state index contributed by atoms with van der Waals surface area (Å²) < 4.78 is 5.61. The van der Waals surface area contributed by atoms with Crippen molar-refractivity contribution in [3.8, 4) is 0 Å². The largest absolute Gasteiger partial charge is 0.375 e. The van der Waals surface area contributed by atoms with Crippen LogP contribution in [0.1, 0.15) is 18.1 Å². The van der Waals surface area contributed by atoms with E-state index in [0.29, 0.717) is 29.1 Å². The molecule has 1 atom stereocenters.